The number of nitrogens with zero attached hydrogens (tertiary/aromatic N) is 1. The van der Waals surface area contributed by atoms with Crippen molar-refractivity contribution in [3.63, 3.8) is 0 Å². The summed E-state index contributed by atoms with van der Waals surface area (Å²) in [4.78, 5) is 14.2. The maximum atomic E-state index is 12.3. The average molecular weight is 296 g/mol. The van der Waals surface area contributed by atoms with Crippen molar-refractivity contribution < 1.29 is 14.3 Å². The van der Waals surface area contributed by atoms with Crippen LogP contribution in [0.15, 0.2) is 24.3 Å². The molecule has 4 nitrogen and oxygen atoms in total. The van der Waals surface area contributed by atoms with Crippen LogP contribution in [0, 0.1) is 0 Å². The van der Waals surface area contributed by atoms with E-state index in [2.05, 4.69) is 0 Å². The highest BCUT2D eigenvalue weighted by Crippen LogP contribution is 2.31. The topological polar surface area (TPSA) is 38.8 Å². The monoisotopic (exact) mass is 295 g/mol. The van der Waals surface area contributed by atoms with Crippen LogP contribution in [0.2, 0.25) is 5.02 Å². The molecule has 1 aromatic rings. The quantitative estimate of drug-likeness (QED) is 0.840. The number of likely N-dealkylation sites (tertiary alicyclic amines) is 1. The maximum Gasteiger partial charge on any atom is 0.226 e. The molecular formula is C15H18ClNO3. The van der Waals surface area contributed by atoms with Crippen LogP contribution in [-0.2, 0) is 20.7 Å². The molecule has 2 saturated heterocycles. The highest BCUT2D eigenvalue weighted by Gasteiger charge is 2.40. The summed E-state index contributed by atoms with van der Waals surface area (Å²) in [6.45, 7) is 2.71. The number of carbonyl (C=O) groups is 1. The zero-order valence-electron chi connectivity index (χ0n) is 11.3. The summed E-state index contributed by atoms with van der Waals surface area (Å²) in [5.74, 6) is -0.285. The molecule has 0 aromatic heterocycles. The van der Waals surface area contributed by atoms with Crippen LogP contribution in [0.3, 0.4) is 0 Å². The van der Waals surface area contributed by atoms with Gasteiger partial charge in [0.15, 0.2) is 5.79 Å². The van der Waals surface area contributed by atoms with Gasteiger partial charge < -0.3 is 14.4 Å². The Morgan fingerprint density at radius 3 is 2.60 bits per heavy atom. The summed E-state index contributed by atoms with van der Waals surface area (Å²) in [5.41, 5.74) is 0.955. The maximum absolute atomic E-state index is 12.3. The number of carbonyl (C=O) groups excluding carboxylic acids is 1. The minimum atomic E-state index is -0.424. The molecule has 2 fully saturated rings. The number of halogens is 1. The Balaban J connectivity index is 1.56. The fraction of sp³-hybridized carbons (Fsp3) is 0.533. The molecule has 3 rings (SSSR count). The van der Waals surface area contributed by atoms with Gasteiger partial charge in [-0.25, -0.2) is 0 Å². The number of rotatable bonds is 2. The summed E-state index contributed by atoms with van der Waals surface area (Å²) in [7, 11) is 0. The summed E-state index contributed by atoms with van der Waals surface area (Å²) >= 11 is 5.94. The molecule has 0 radical (unpaired) electrons. The predicted octanol–water partition coefficient (Wildman–Crippen LogP) is 2.25. The standard InChI is InChI=1S/C15H18ClNO3/c16-13-3-1-2-12(10-13)11-14(18)17-6-4-15(5-7-17)19-8-9-20-15/h1-3,10H,4-9,11H2. The molecule has 0 bridgehead atoms. The number of hydrogen-bond donors (Lipinski definition) is 0. The van der Waals surface area contributed by atoms with Crippen molar-refractivity contribution >= 4 is 17.5 Å². The van der Waals surface area contributed by atoms with E-state index in [1.54, 1.807) is 0 Å². The zero-order valence-corrected chi connectivity index (χ0v) is 12.1. The number of piperidine rings is 1. The molecule has 1 aromatic carbocycles. The lowest BCUT2D eigenvalue weighted by atomic mass is 10.0. The molecule has 0 atom stereocenters. The summed E-state index contributed by atoms with van der Waals surface area (Å²) in [6.07, 6.45) is 1.91. The lowest BCUT2D eigenvalue weighted by Gasteiger charge is -2.37. The number of hydrogen-bond acceptors (Lipinski definition) is 3. The van der Waals surface area contributed by atoms with E-state index < -0.39 is 5.79 Å². The van der Waals surface area contributed by atoms with E-state index in [1.807, 2.05) is 29.2 Å². The van der Waals surface area contributed by atoms with Gasteiger partial charge in [-0.3, -0.25) is 4.79 Å². The van der Waals surface area contributed by atoms with Crippen molar-refractivity contribution in [3.8, 4) is 0 Å². The second-order valence-electron chi connectivity index (χ2n) is 5.30. The van der Waals surface area contributed by atoms with Gasteiger partial charge in [0.2, 0.25) is 5.91 Å². The molecule has 0 saturated carbocycles. The van der Waals surface area contributed by atoms with Gasteiger partial charge >= 0.3 is 0 Å². The third-order valence-corrected chi connectivity index (χ3v) is 4.17. The smallest absolute Gasteiger partial charge is 0.226 e. The van der Waals surface area contributed by atoms with Gasteiger partial charge in [0.1, 0.15) is 0 Å². The van der Waals surface area contributed by atoms with Gasteiger partial charge in [-0.2, -0.15) is 0 Å². The fourth-order valence-corrected chi connectivity index (χ4v) is 3.03. The Kier molecular flexibility index (Phi) is 3.96. The minimum Gasteiger partial charge on any atom is -0.347 e. The van der Waals surface area contributed by atoms with E-state index in [0.29, 0.717) is 37.7 Å². The van der Waals surface area contributed by atoms with Crippen molar-refractivity contribution in [3.05, 3.63) is 34.9 Å². The Labute approximate surface area is 123 Å². The molecule has 1 spiro atoms. The van der Waals surface area contributed by atoms with E-state index in [-0.39, 0.29) is 5.91 Å². The van der Waals surface area contributed by atoms with Crippen LogP contribution >= 0.6 is 11.6 Å². The second kappa shape index (κ2) is 5.72. The third kappa shape index (κ3) is 2.97. The largest absolute Gasteiger partial charge is 0.347 e. The van der Waals surface area contributed by atoms with Crippen LogP contribution in [0.4, 0.5) is 0 Å². The zero-order chi connectivity index (χ0) is 14.0. The number of benzene rings is 1. The highest BCUT2D eigenvalue weighted by atomic mass is 35.5. The van der Waals surface area contributed by atoms with Crippen LogP contribution in [0.1, 0.15) is 18.4 Å². The van der Waals surface area contributed by atoms with Crippen LogP contribution in [-0.4, -0.2) is 42.9 Å². The average Bonchev–Trinajstić information content (AvgIpc) is 2.88. The van der Waals surface area contributed by atoms with Crippen LogP contribution in [0.25, 0.3) is 0 Å². The Morgan fingerprint density at radius 2 is 1.95 bits per heavy atom. The first kappa shape index (κ1) is 13.9. The van der Waals surface area contributed by atoms with Crippen LogP contribution in [0.5, 0.6) is 0 Å². The summed E-state index contributed by atoms with van der Waals surface area (Å²) in [6, 6.07) is 7.46. The lowest BCUT2D eigenvalue weighted by Crippen LogP contribution is -2.47. The van der Waals surface area contributed by atoms with E-state index in [9.17, 15) is 4.79 Å². The van der Waals surface area contributed by atoms with Crippen molar-refractivity contribution in [1.82, 2.24) is 4.90 Å². The van der Waals surface area contributed by atoms with Crippen LogP contribution < -0.4 is 0 Å². The molecule has 0 N–H and O–H groups in total. The van der Waals surface area contributed by atoms with Gasteiger partial charge in [0.05, 0.1) is 19.6 Å². The second-order valence-corrected chi connectivity index (χ2v) is 5.73. The number of amides is 1. The van der Waals surface area contributed by atoms with E-state index in [1.165, 1.54) is 0 Å². The Hall–Kier alpha value is -1.10. The summed E-state index contributed by atoms with van der Waals surface area (Å²) < 4.78 is 11.3. The van der Waals surface area contributed by atoms with Gasteiger partial charge in [0.25, 0.3) is 0 Å². The van der Waals surface area contributed by atoms with Crippen molar-refractivity contribution in [1.29, 1.82) is 0 Å². The number of ether oxygens (including phenoxy) is 2. The molecule has 0 unspecified atom stereocenters. The van der Waals surface area contributed by atoms with Gasteiger partial charge in [0, 0.05) is 31.0 Å². The molecule has 5 heteroatoms. The van der Waals surface area contributed by atoms with Gasteiger partial charge in [-0.1, -0.05) is 23.7 Å². The normalized spacial score (nSPS) is 21.4. The molecule has 0 aliphatic carbocycles. The van der Waals surface area contributed by atoms with Gasteiger partial charge in [-0.05, 0) is 17.7 Å². The molecule has 2 heterocycles. The minimum absolute atomic E-state index is 0.139. The predicted molar refractivity (Wildman–Crippen MR) is 75.6 cm³/mol. The van der Waals surface area contributed by atoms with E-state index >= 15 is 0 Å². The molecule has 20 heavy (non-hydrogen) atoms. The Morgan fingerprint density at radius 1 is 1.25 bits per heavy atom. The van der Waals surface area contributed by atoms with Crippen molar-refractivity contribution in [2.45, 2.75) is 25.0 Å². The SMILES string of the molecule is O=C(Cc1cccc(Cl)c1)N1CCC2(CC1)OCCO2. The molecule has 2 aliphatic rings. The third-order valence-electron chi connectivity index (χ3n) is 3.94. The van der Waals surface area contributed by atoms with Crippen molar-refractivity contribution in [2.24, 2.45) is 0 Å². The molecular weight excluding hydrogens is 278 g/mol. The fourth-order valence-electron chi connectivity index (χ4n) is 2.82. The lowest BCUT2D eigenvalue weighted by molar-refractivity contribution is -0.187. The Bertz CT molecular complexity index is 490. The highest BCUT2D eigenvalue weighted by molar-refractivity contribution is 6.30. The first-order valence-corrected chi connectivity index (χ1v) is 7.35. The van der Waals surface area contributed by atoms with E-state index in [0.717, 1.165) is 18.4 Å². The molecule has 1 amide bonds. The van der Waals surface area contributed by atoms with Crippen molar-refractivity contribution in [2.75, 3.05) is 26.3 Å². The molecule has 108 valence electrons. The van der Waals surface area contributed by atoms with Gasteiger partial charge in [-0.15, -0.1) is 0 Å². The molecule has 2 aliphatic heterocycles. The summed E-state index contributed by atoms with van der Waals surface area (Å²) in [5, 5.41) is 0.667. The first-order chi connectivity index (χ1) is 9.67. The first-order valence-electron chi connectivity index (χ1n) is 6.97. The van der Waals surface area contributed by atoms with E-state index in [4.69, 9.17) is 21.1 Å².